The lowest BCUT2D eigenvalue weighted by atomic mass is 10.2. The van der Waals surface area contributed by atoms with Crippen molar-refractivity contribution in [2.24, 2.45) is 0 Å². The smallest absolute Gasteiger partial charge is 0.276 e. The molecule has 1 N–H and O–H groups in total. The van der Waals surface area contributed by atoms with Gasteiger partial charge in [-0.05, 0) is 25.5 Å². The predicted molar refractivity (Wildman–Crippen MR) is 104 cm³/mol. The molecule has 2 aliphatic heterocycles. The Morgan fingerprint density at radius 2 is 2.10 bits per heavy atom. The number of nitrogens with zero attached hydrogens (tertiary/aromatic N) is 6. The molecule has 10 heteroatoms. The lowest BCUT2D eigenvalue weighted by Gasteiger charge is -2.32. The van der Waals surface area contributed by atoms with Crippen LogP contribution in [0, 0.1) is 6.92 Å². The maximum Gasteiger partial charge on any atom is 0.276 e. The molecule has 5 rings (SSSR count). The highest BCUT2D eigenvalue weighted by atomic mass is 16.5. The average molecular weight is 397 g/mol. The number of carbonyl (C=O) groups excluding carboxylic acids is 1. The molecule has 1 atom stereocenters. The number of amides is 1. The third kappa shape index (κ3) is 3.14. The second-order valence-corrected chi connectivity index (χ2v) is 7.51. The summed E-state index contributed by atoms with van der Waals surface area (Å²) < 4.78 is 8.44. The van der Waals surface area contributed by atoms with Crippen LogP contribution in [-0.2, 0) is 4.74 Å². The van der Waals surface area contributed by atoms with Crippen molar-refractivity contribution in [2.75, 3.05) is 39.4 Å². The first-order valence-corrected chi connectivity index (χ1v) is 9.85. The molecule has 2 aliphatic rings. The molecule has 2 saturated heterocycles. The van der Waals surface area contributed by atoms with E-state index in [1.165, 1.54) is 9.20 Å². The van der Waals surface area contributed by atoms with E-state index in [1.54, 1.807) is 24.5 Å². The number of H-pyrrole nitrogens is 1. The van der Waals surface area contributed by atoms with Gasteiger partial charge in [-0.15, -0.1) is 5.10 Å². The number of fused-ring (bicyclic) bond motifs is 1. The monoisotopic (exact) mass is 397 g/mol. The molecule has 0 aliphatic carbocycles. The van der Waals surface area contributed by atoms with Gasteiger partial charge in [0.15, 0.2) is 0 Å². The molecular weight excluding hydrogens is 374 g/mol. The van der Waals surface area contributed by atoms with Crippen molar-refractivity contribution in [3.05, 3.63) is 46.1 Å². The predicted octanol–water partition coefficient (Wildman–Crippen LogP) is 0.0634. The molecular formula is C19H23N7O3. The van der Waals surface area contributed by atoms with E-state index in [1.807, 2.05) is 11.8 Å². The third-order valence-corrected chi connectivity index (χ3v) is 5.84. The van der Waals surface area contributed by atoms with Crippen LogP contribution in [0.25, 0.3) is 11.5 Å². The number of hydrogen-bond acceptors (Lipinski definition) is 6. The van der Waals surface area contributed by atoms with Crippen LogP contribution in [0.15, 0.2) is 29.3 Å². The van der Waals surface area contributed by atoms with Gasteiger partial charge >= 0.3 is 0 Å². The standard InChI is InChI=1S/C19H23N7O3/c1-13-15(18(28)24-6-4-14(12-24)23-7-9-29-10-8-23)11-20-26(13)19-21-17(27)16-3-2-5-25(16)22-19/h2-3,5,11,14H,4,6-10,12H2,1H3,(H,21,22,27). The van der Waals surface area contributed by atoms with E-state index < -0.39 is 0 Å². The van der Waals surface area contributed by atoms with E-state index in [2.05, 4.69) is 20.1 Å². The van der Waals surface area contributed by atoms with Gasteiger partial charge in [-0.2, -0.15) is 5.10 Å². The summed E-state index contributed by atoms with van der Waals surface area (Å²) in [4.78, 5) is 32.4. The van der Waals surface area contributed by atoms with Crippen LogP contribution in [0.1, 0.15) is 22.5 Å². The number of hydrogen-bond donors (Lipinski definition) is 1. The molecule has 152 valence electrons. The van der Waals surface area contributed by atoms with Gasteiger partial charge in [-0.3, -0.25) is 19.5 Å². The van der Waals surface area contributed by atoms with E-state index in [-0.39, 0.29) is 17.4 Å². The quantitative estimate of drug-likeness (QED) is 0.671. The van der Waals surface area contributed by atoms with E-state index in [0.29, 0.717) is 29.4 Å². The molecule has 0 radical (unpaired) electrons. The molecule has 0 spiro atoms. The fourth-order valence-electron chi connectivity index (χ4n) is 4.20. The first-order valence-electron chi connectivity index (χ1n) is 9.85. The molecule has 0 aromatic carbocycles. The Morgan fingerprint density at radius 1 is 1.28 bits per heavy atom. The Balaban J connectivity index is 1.37. The van der Waals surface area contributed by atoms with Crippen LogP contribution in [-0.4, -0.2) is 85.5 Å². The summed E-state index contributed by atoms with van der Waals surface area (Å²) >= 11 is 0. The van der Waals surface area contributed by atoms with E-state index in [9.17, 15) is 9.59 Å². The maximum atomic E-state index is 13.1. The SMILES string of the molecule is Cc1c(C(=O)N2CCC(N3CCOCC3)C2)cnn1-c1nn2cccc2c(=O)[nH]1. The second-order valence-electron chi connectivity index (χ2n) is 7.51. The van der Waals surface area contributed by atoms with Crippen LogP contribution in [0.2, 0.25) is 0 Å². The Hall–Kier alpha value is -2.98. The molecule has 0 bridgehead atoms. The lowest BCUT2D eigenvalue weighted by Crippen LogP contribution is -2.45. The van der Waals surface area contributed by atoms with E-state index in [0.717, 1.165) is 39.3 Å². The van der Waals surface area contributed by atoms with Crippen LogP contribution >= 0.6 is 0 Å². The number of likely N-dealkylation sites (tertiary alicyclic amines) is 1. The fourth-order valence-corrected chi connectivity index (χ4v) is 4.20. The highest BCUT2D eigenvalue weighted by molar-refractivity contribution is 5.95. The Bertz CT molecular complexity index is 1110. The Morgan fingerprint density at radius 3 is 2.93 bits per heavy atom. The molecule has 5 heterocycles. The van der Waals surface area contributed by atoms with E-state index >= 15 is 0 Å². The number of aromatic nitrogens is 5. The van der Waals surface area contributed by atoms with Crippen LogP contribution in [0.3, 0.4) is 0 Å². The molecule has 1 unspecified atom stereocenters. The first-order chi connectivity index (χ1) is 14.1. The summed E-state index contributed by atoms with van der Waals surface area (Å²) in [5.41, 5.74) is 1.39. The molecule has 29 heavy (non-hydrogen) atoms. The summed E-state index contributed by atoms with van der Waals surface area (Å²) in [5, 5.41) is 8.70. The normalized spacial score (nSPS) is 20.6. The zero-order valence-electron chi connectivity index (χ0n) is 16.2. The van der Waals surface area contributed by atoms with Gasteiger partial charge in [-0.25, -0.2) is 9.20 Å². The summed E-state index contributed by atoms with van der Waals surface area (Å²) in [5.74, 6) is 0.247. The van der Waals surface area contributed by atoms with Crippen molar-refractivity contribution in [1.82, 2.24) is 34.2 Å². The van der Waals surface area contributed by atoms with Crippen LogP contribution in [0.4, 0.5) is 0 Å². The third-order valence-electron chi connectivity index (χ3n) is 5.84. The van der Waals surface area contributed by atoms with Gasteiger partial charge in [0.2, 0.25) is 5.95 Å². The number of rotatable bonds is 3. The minimum atomic E-state index is -0.254. The maximum absolute atomic E-state index is 13.1. The first kappa shape index (κ1) is 18.1. The van der Waals surface area contributed by atoms with Gasteiger partial charge in [0.05, 0.1) is 30.7 Å². The largest absolute Gasteiger partial charge is 0.379 e. The van der Waals surface area contributed by atoms with Gasteiger partial charge in [-0.1, -0.05) is 0 Å². The van der Waals surface area contributed by atoms with Gasteiger partial charge < -0.3 is 9.64 Å². The zero-order valence-corrected chi connectivity index (χ0v) is 16.2. The van der Waals surface area contributed by atoms with Crippen molar-refractivity contribution in [1.29, 1.82) is 0 Å². The number of morpholine rings is 1. The van der Waals surface area contributed by atoms with Crippen molar-refractivity contribution in [3.63, 3.8) is 0 Å². The minimum absolute atomic E-state index is 0.0334. The Labute approximate surface area is 166 Å². The molecule has 0 saturated carbocycles. The molecule has 2 fully saturated rings. The number of carbonyl (C=O) groups is 1. The second kappa shape index (κ2) is 7.12. The number of aromatic amines is 1. The molecule has 1 amide bonds. The summed E-state index contributed by atoms with van der Waals surface area (Å²) in [7, 11) is 0. The van der Waals surface area contributed by atoms with Crippen molar-refractivity contribution in [3.8, 4) is 5.95 Å². The van der Waals surface area contributed by atoms with E-state index in [4.69, 9.17) is 4.74 Å². The van der Waals surface area contributed by atoms with Gasteiger partial charge in [0, 0.05) is 38.4 Å². The molecule has 10 nitrogen and oxygen atoms in total. The van der Waals surface area contributed by atoms with Crippen molar-refractivity contribution >= 4 is 11.4 Å². The highest BCUT2D eigenvalue weighted by Crippen LogP contribution is 2.21. The lowest BCUT2D eigenvalue weighted by molar-refractivity contribution is 0.0185. The minimum Gasteiger partial charge on any atom is -0.379 e. The van der Waals surface area contributed by atoms with Gasteiger partial charge in [0.25, 0.3) is 11.5 Å². The zero-order chi connectivity index (χ0) is 20.0. The number of ether oxygens (including phenoxy) is 1. The topological polar surface area (TPSA) is 101 Å². The van der Waals surface area contributed by atoms with Crippen molar-refractivity contribution in [2.45, 2.75) is 19.4 Å². The van der Waals surface area contributed by atoms with Crippen molar-refractivity contribution < 1.29 is 9.53 Å². The summed E-state index contributed by atoms with van der Waals surface area (Å²) in [6, 6.07) is 3.83. The fraction of sp³-hybridized carbons (Fsp3) is 0.474. The molecule has 3 aromatic rings. The highest BCUT2D eigenvalue weighted by Gasteiger charge is 2.32. The summed E-state index contributed by atoms with van der Waals surface area (Å²) in [6.45, 7) is 6.62. The van der Waals surface area contributed by atoms with Crippen LogP contribution in [0.5, 0.6) is 0 Å². The number of nitrogens with one attached hydrogen (secondary N) is 1. The van der Waals surface area contributed by atoms with Crippen LogP contribution < -0.4 is 5.56 Å². The molecule has 3 aromatic heterocycles. The average Bonchev–Trinajstić information content (AvgIpc) is 3.47. The summed E-state index contributed by atoms with van der Waals surface area (Å²) in [6.07, 6.45) is 4.23. The van der Waals surface area contributed by atoms with Gasteiger partial charge in [0.1, 0.15) is 5.52 Å². The Kier molecular flexibility index (Phi) is 4.44.